The Hall–Kier alpha value is -1.37. The zero-order valence-electron chi connectivity index (χ0n) is 12.7. The van der Waals surface area contributed by atoms with E-state index < -0.39 is 11.1 Å². The summed E-state index contributed by atoms with van der Waals surface area (Å²) in [6.07, 6.45) is 5.53. The second-order valence-electron chi connectivity index (χ2n) is 6.30. The van der Waals surface area contributed by atoms with Crippen LogP contribution in [0.1, 0.15) is 31.7 Å². The van der Waals surface area contributed by atoms with Crippen LogP contribution < -0.4 is 16.4 Å². The molecule has 2 aromatic rings. The van der Waals surface area contributed by atoms with E-state index >= 15 is 0 Å². The van der Waals surface area contributed by atoms with E-state index in [0.29, 0.717) is 28.3 Å². The average molecular weight is 357 g/mol. The number of piperidine rings is 1. The van der Waals surface area contributed by atoms with Crippen molar-refractivity contribution in [1.29, 1.82) is 0 Å². The van der Waals surface area contributed by atoms with E-state index in [4.69, 9.17) is 11.6 Å². The fourth-order valence-corrected chi connectivity index (χ4v) is 4.03. The van der Waals surface area contributed by atoms with Crippen molar-refractivity contribution in [2.24, 2.45) is 7.05 Å². The molecular weight excluding hydrogens is 339 g/mol. The molecule has 124 valence electrons. The maximum Gasteiger partial charge on any atom is 0.318 e. The van der Waals surface area contributed by atoms with Crippen molar-refractivity contribution in [2.45, 2.75) is 43.8 Å². The van der Waals surface area contributed by atoms with E-state index in [0.717, 1.165) is 25.7 Å². The summed E-state index contributed by atoms with van der Waals surface area (Å²) in [7, 11) is 1.58. The van der Waals surface area contributed by atoms with Crippen LogP contribution in [-0.4, -0.2) is 26.2 Å². The van der Waals surface area contributed by atoms with Crippen molar-refractivity contribution >= 4 is 35.2 Å². The molecule has 1 N–H and O–H groups in total. The van der Waals surface area contributed by atoms with Gasteiger partial charge in [-0.3, -0.25) is 14.2 Å². The number of rotatable bonds is 1. The number of nitrogens with zero attached hydrogens (tertiary/aromatic N) is 3. The van der Waals surface area contributed by atoms with Crippen molar-refractivity contribution in [1.82, 2.24) is 19.4 Å². The zero-order chi connectivity index (χ0) is 15.4. The molecule has 0 spiro atoms. The minimum Gasteiger partial charge on any atom is -0.311 e. The number of hydrogen-bond donors (Lipinski definition) is 1. The summed E-state index contributed by atoms with van der Waals surface area (Å²) in [6, 6.07) is 2.58. The Labute approximate surface area is 143 Å². The number of nitrogens with one attached hydrogen (secondary N) is 1. The fraction of sp³-hybridized carbons (Fsp3) is 0.533. The molecule has 2 atom stereocenters. The molecule has 23 heavy (non-hydrogen) atoms. The quantitative estimate of drug-likeness (QED) is 0.788. The molecule has 2 aliphatic rings. The first-order valence-electron chi connectivity index (χ1n) is 7.57. The van der Waals surface area contributed by atoms with Gasteiger partial charge < -0.3 is 9.88 Å². The standard InChI is InChI=1S/C15H17ClN4O2.ClH/c1-19-12-4-8(16)7-17-13(12)20(15(22)14(19)21)11-5-9-2-3-10(6-11)18-9;/h4,7,9-11,18H,2-3,5-6H2,1H3;1H. The maximum absolute atomic E-state index is 12.6. The summed E-state index contributed by atoms with van der Waals surface area (Å²) in [5.41, 5.74) is 0.129. The van der Waals surface area contributed by atoms with Crippen LogP contribution in [0.5, 0.6) is 0 Å². The number of halogens is 2. The average Bonchev–Trinajstić information content (AvgIpc) is 2.84. The lowest BCUT2D eigenvalue weighted by Gasteiger charge is -2.31. The normalized spacial score (nSPS) is 26.3. The third kappa shape index (κ3) is 2.58. The van der Waals surface area contributed by atoms with Gasteiger partial charge in [-0.1, -0.05) is 11.6 Å². The lowest BCUT2D eigenvalue weighted by Crippen LogP contribution is -2.46. The lowest BCUT2D eigenvalue weighted by atomic mass is 9.99. The highest BCUT2D eigenvalue weighted by atomic mass is 35.5. The Morgan fingerprint density at radius 2 is 1.87 bits per heavy atom. The van der Waals surface area contributed by atoms with Gasteiger partial charge in [0.2, 0.25) is 0 Å². The van der Waals surface area contributed by atoms with E-state index in [1.165, 1.54) is 10.8 Å². The molecule has 4 heterocycles. The predicted molar refractivity (Wildman–Crippen MR) is 91.7 cm³/mol. The van der Waals surface area contributed by atoms with Gasteiger partial charge in [-0.25, -0.2) is 4.98 Å². The number of aryl methyl sites for hydroxylation is 1. The van der Waals surface area contributed by atoms with E-state index in [-0.39, 0.29) is 18.4 Å². The molecule has 0 saturated carbocycles. The highest BCUT2D eigenvalue weighted by Gasteiger charge is 2.35. The number of pyridine rings is 1. The third-order valence-electron chi connectivity index (χ3n) is 4.92. The number of hydrogen-bond acceptors (Lipinski definition) is 4. The molecule has 2 saturated heterocycles. The van der Waals surface area contributed by atoms with Crippen molar-refractivity contribution in [3.8, 4) is 0 Å². The first-order chi connectivity index (χ1) is 10.5. The van der Waals surface area contributed by atoms with Crippen molar-refractivity contribution in [3.05, 3.63) is 38.0 Å². The van der Waals surface area contributed by atoms with E-state index in [1.54, 1.807) is 17.7 Å². The Bertz CT molecular complexity index is 864. The van der Waals surface area contributed by atoms with Crippen molar-refractivity contribution < 1.29 is 0 Å². The Kier molecular flexibility index (Phi) is 4.25. The van der Waals surface area contributed by atoms with Gasteiger partial charge in [0.1, 0.15) is 0 Å². The van der Waals surface area contributed by atoms with Crippen LogP contribution in [0.4, 0.5) is 0 Å². The molecule has 2 aliphatic heterocycles. The fourth-order valence-electron chi connectivity index (χ4n) is 3.88. The third-order valence-corrected chi connectivity index (χ3v) is 5.13. The molecule has 0 amide bonds. The van der Waals surface area contributed by atoms with Crippen molar-refractivity contribution in [2.75, 3.05) is 0 Å². The molecule has 2 unspecified atom stereocenters. The van der Waals surface area contributed by atoms with Crippen LogP contribution in [0, 0.1) is 0 Å². The summed E-state index contributed by atoms with van der Waals surface area (Å²) in [6.45, 7) is 0. The predicted octanol–water partition coefficient (Wildman–Crippen LogP) is 1.63. The van der Waals surface area contributed by atoms with E-state index in [1.807, 2.05) is 0 Å². The monoisotopic (exact) mass is 356 g/mol. The summed E-state index contributed by atoms with van der Waals surface area (Å²) in [5.74, 6) is 0. The zero-order valence-corrected chi connectivity index (χ0v) is 14.2. The van der Waals surface area contributed by atoms with Crippen LogP contribution in [0.25, 0.3) is 11.2 Å². The number of fused-ring (bicyclic) bond motifs is 3. The van der Waals surface area contributed by atoms with Gasteiger partial charge in [-0.15, -0.1) is 12.4 Å². The van der Waals surface area contributed by atoms with Crippen molar-refractivity contribution in [3.63, 3.8) is 0 Å². The minimum absolute atomic E-state index is 0. The van der Waals surface area contributed by atoms with E-state index in [2.05, 4.69) is 10.3 Å². The van der Waals surface area contributed by atoms with Gasteiger partial charge in [-0.2, -0.15) is 0 Å². The lowest BCUT2D eigenvalue weighted by molar-refractivity contribution is 0.297. The molecule has 6 nitrogen and oxygen atoms in total. The molecule has 0 aromatic carbocycles. The van der Waals surface area contributed by atoms with E-state index in [9.17, 15) is 9.59 Å². The minimum atomic E-state index is -0.526. The second kappa shape index (κ2) is 5.92. The SMILES string of the molecule is Cl.Cn1c(=O)c(=O)n(C2CC3CCC(C2)N3)c2ncc(Cl)cc21. The highest BCUT2D eigenvalue weighted by molar-refractivity contribution is 6.31. The smallest absolute Gasteiger partial charge is 0.311 e. The molecule has 0 radical (unpaired) electrons. The number of aromatic nitrogens is 3. The molecular formula is C15H18Cl2N4O2. The van der Waals surface area contributed by atoms with Gasteiger partial charge in [-0.05, 0) is 31.7 Å². The summed E-state index contributed by atoms with van der Waals surface area (Å²) >= 11 is 6.00. The molecule has 2 aromatic heterocycles. The second-order valence-corrected chi connectivity index (χ2v) is 6.74. The largest absolute Gasteiger partial charge is 0.318 e. The van der Waals surface area contributed by atoms with Crippen LogP contribution in [0.2, 0.25) is 5.02 Å². The Morgan fingerprint density at radius 3 is 2.52 bits per heavy atom. The summed E-state index contributed by atoms with van der Waals surface area (Å²) < 4.78 is 2.93. The molecule has 8 heteroatoms. The summed E-state index contributed by atoms with van der Waals surface area (Å²) in [4.78, 5) is 29.2. The van der Waals surface area contributed by atoms with Crippen LogP contribution in [0.3, 0.4) is 0 Å². The van der Waals surface area contributed by atoms with Crippen LogP contribution in [0.15, 0.2) is 21.9 Å². The van der Waals surface area contributed by atoms with Gasteiger partial charge in [0.15, 0.2) is 5.65 Å². The molecule has 2 fully saturated rings. The summed E-state index contributed by atoms with van der Waals surface area (Å²) in [5, 5.41) is 4.01. The van der Waals surface area contributed by atoms with Crippen LogP contribution in [-0.2, 0) is 7.05 Å². The molecule has 2 bridgehead atoms. The van der Waals surface area contributed by atoms with Gasteiger partial charge >= 0.3 is 11.1 Å². The first-order valence-corrected chi connectivity index (χ1v) is 7.95. The molecule has 0 aliphatic carbocycles. The first kappa shape index (κ1) is 16.5. The van der Waals surface area contributed by atoms with Crippen LogP contribution >= 0.6 is 24.0 Å². The Balaban J connectivity index is 0.00000156. The molecule has 4 rings (SSSR count). The van der Waals surface area contributed by atoms with Gasteiger partial charge in [0.05, 0.1) is 10.5 Å². The highest BCUT2D eigenvalue weighted by Crippen LogP contribution is 2.34. The maximum atomic E-state index is 12.6. The Morgan fingerprint density at radius 1 is 1.22 bits per heavy atom. The topological polar surface area (TPSA) is 68.9 Å². The van der Waals surface area contributed by atoms with Gasteiger partial charge in [0.25, 0.3) is 0 Å². The van der Waals surface area contributed by atoms with Gasteiger partial charge in [0, 0.05) is 31.4 Å².